The van der Waals surface area contributed by atoms with Crippen molar-refractivity contribution in [2.75, 3.05) is 23.1 Å². The van der Waals surface area contributed by atoms with Crippen LogP contribution in [0.5, 0.6) is 0 Å². The van der Waals surface area contributed by atoms with E-state index >= 15 is 0 Å². The van der Waals surface area contributed by atoms with Crippen LogP contribution in [-0.4, -0.2) is 52.0 Å². The molecular formula is C19H19ClF3N5O3S. The van der Waals surface area contributed by atoms with Crippen LogP contribution in [0.25, 0.3) is 22.6 Å². The molecule has 172 valence electrons. The fourth-order valence-corrected chi connectivity index (χ4v) is 4.37. The van der Waals surface area contributed by atoms with Gasteiger partial charge in [0.2, 0.25) is 5.91 Å². The number of pyridine rings is 2. The fourth-order valence-electron chi connectivity index (χ4n) is 3.17. The van der Waals surface area contributed by atoms with Gasteiger partial charge in [-0.05, 0) is 19.1 Å². The van der Waals surface area contributed by atoms with Crippen molar-refractivity contribution in [2.24, 2.45) is 7.05 Å². The maximum Gasteiger partial charge on any atom is 0.433 e. The van der Waals surface area contributed by atoms with E-state index in [1.165, 1.54) is 35.7 Å². The van der Waals surface area contributed by atoms with Crippen molar-refractivity contribution in [2.45, 2.75) is 24.9 Å². The predicted molar refractivity (Wildman–Crippen MR) is 113 cm³/mol. The molecule has 0 aliphatic carbocycles. The van der Waals surface area contributed by atoms with Crippen LogP contribution in [0.3, 0.4) is 0 Å². The number of halogens is 4. The molecular weight excluding hydrogens is 471 g/mol. The van der Waals surface area contributed by atoms with E-state index < -0.39 is 27.6 Å². The number of carbonyl (C=O) groups is 1. The van der Waals surface area contributed by atoms with Gasteiger partial charge in [0.25, 0.3) is 0 Å². The molecule has 13 heteroatoms. The molecule has 3 aromatic rings. The molecule has 0 N–H and O–H groups in total. The van der Waals surface area contributed by atoms with Gasteiger partial charge in [-0.1, -0.05) is 6.92 Å². The highest BCUT2D eigenvalue weighted by Gasteiger charge is 2.33. The first-order chi connectivity index (χ1) is 14.9. The molecule has 1 amide bonds. The van der Waals surface area contributed by atoms with Crippen LogP contribution in [-0.2, 0) is 27.9 Å². The topological polar surface area (TPSA) is 98.1 Å². The second-order valence-electron chi connectivity index (χ2n) is 6.77. The Balaban J connectivity index is 2.26. The third kappa shape index (κ3) is 4.29. The molecule has 0 saturated heterocycles. The van der Waals surface area contributed by atoms with Crippen molar-refractivity contribution < 1.29 is 26.4 Å². The van der Waals surface area contributed by atoms with E-state index in [9.17, 15) is 26.4 Å². The minimum Gasteiger partial charge on any atom is -0.324 e. The summed E-state index contributed by atoms with van der Waals surface area (Å²) in [6.45, 7) is 3.38. The first-order valence-corrected chi connectivity index (χ1v) is 11.6. The van der Waals surface area contributed by atoms with Gasteiger partial charge in [0.1, 0.15) is 17.3 Å². The summed E-state index contributed by atoms with van der Waals surface area (Å²) in [6, 6.07) is 2.09. The fraction of sp³-hybridized carbons (Fsp3) is 0.368. The number of rotatable bonds is 6. The lowest BCUT2D eigenvalue weighted by Crippen LogP contribution is -2.32. The zero-order valence-electron chi connectivity index (χ0n) is 17.3. The second kappa shape index (κ2) is 8.66. The molecule has 3 rings (SSSR count). The number of sulfone groups is 1. The van der Waals surface area contributed by atoms with Gasteiger partial charge in [0.05, 0.1) is 39.8 Å². The summed E-state index contributed by atoms with van der Waals surface area (Å²) in [5, 5.41) is 0. The van der Waals surface area contributed by atoms with Crippen LogP contribution in [0.4, 0.5) is 18.9 Å². The Hall–Kier alpha value is -2.73. The Morgan fingerprint density at radius 1 is 1.19 bits per heavy atom. The van der Waals surface area contributed by atoms with Crippen LogP contribution in [0.1, 0.15) is 19.5 Å². The largest absolute Gasteiger partial charge is 0.433 e. The maximum atomic E-state index is 13.0. The number of hydrogen-bond donors (Lipinski definition) is 0. The number of nitrogens with zero attached hydrogens (tertiary/aromatic N) is 5. The molecule has 0 bridgehead atoms. The summed E-state index contributed by atoms with van der Waals surface area (Å²) in [5.41, 5.74) is -0.669. The number of fused-ring (bicyclic) bond motifs is 1. The van der Waals surface area contributed by atoms with Crippen LogP contribution < -0.4 is 4.90 Å². The minimum absolute atomic E-state index is 0.0111. The summed E-state index contributed by atoms with van der Waals surface area (Å²) < 4.78 is 66.2. The molecule has 0 spiro atoms. The zero-order chi connectivity index (χ0) is 23.8. The third-order valence-corrected chi connectivity index (χ3v) is 6.84. The van der Waals surface area contributed by atoms with E-state index in [2.05, 4.69) is 15.0 Å². The molecule has 0 saturated carbocycles. The van der Waals surface area contributed by atoms with Gasteiger partial charge in [-0.15, -0.1) is 11.6 Å². The number of amides is 1. The van der Waals surface area contributed by atoms with Crippen LogP contribution in [0.2, 0.25) is 0 Å². The van der Waals surface area contributed by atoms with E-state index in [0.717, 1.165) is 12.3 Å². The normalized spacial score (nSPS) is 12.3. The molecule has 0 atom stereocenters. The highest BCUT2D eigenvalue weighted by molar-refractivity contribution is 7.91. The van der Waals surface area contributed by atoms with Crippen molar-refractivity contribution in [3.8, 4) is 11.5 Å². The van der Waals surface area contributed by atoms with E-state index in [4.69, 9.17) is 11.6 Å². The molecule has 0 unspecified atom stereocenters. The Kier molecular flexibility index (Phi) is 6.47. The number of imidazole rings is 1. The number of aromatic nitrogens is 4. The van der Waals surface area contributed by atoms with Crippen molar-refractivity contribution in [3.05, 3.63) is 30.2 Å². The second-order valence-corrected chi connectivity index (χ2v) is 9.28. The van der Waals surface area contributed by atoms with Gasteiger partial charge >= 0.3 is 6.18 Å². The number of aryl methyl sites for hydroxylation is 1. The molecule has 0 radical (unpaired) electrons. The van der Waals surface area contributed by atoms with Gasteiger partial charge < -0.3 is 9.47 Å². The number of carbonyl (C=O) groups excluding carboxylic acids is 1. The van der Waals surface area contributed by atoms with Gasteiger partial charge in [0, 0.05) is 13.6 Å². The van der Waals surface area contributed by atoms with Crippen molar-refractivity contribution in [1.29, 1.82) is 0 Å². The standard InChI is InChI=1S/C19H19ClF3N5O3S/c1-4-28(16(29)8-20)11-6-14(32(30,31)5-2)17(25-9-11)18-26-12-7-15(19(21,22)23)24-10-13(12)27(18)3/h6-7,9-10H,4-5,8H2,1-3H3. The van der Waals surface area contributed by atoms with Crippen LogP contribution in [0.15, 0.2) is 29.4 Å². The van der Waals surface area contributed by atoms with E-state index in [0.29, 0.717) is 0 Å². The summed E-state index contributed by atoms with van der Waals surface area (Å²) in [5.74, 6) is -0.946. The monoisotopic (exact) mass is 489 g/mol. The van der Waals surface area contributed by atoms with E-state index in [-0.39, 0.29) is 51.3 Å². The molecule has 32 heavy (non-hydrogen) atoms. The summed E-state index contributed by atoms with van der Waals surface area (Å²) >= 11 is 5.64. The lowest BCUT2D eigenvalue weighted by molar-refractivity contribution is -0.141. The molecule has 0 fully saturated rings. The highest BCUT2D eigenvalue weighted by atomic mass is 35.5. The highest BCUT2D eigenvalue weighted by Crippen LogP contribution is 2.33. The number of alkyl halides is 4. The molecule has 3 heterocycles. The van der Waals surface area contributed by atoms with E-state index in [1.54, 1.807) is 6.92 Å². The Morgan fingerprint density at radius 2 is 1.88 bits per heavy atom. The quantitative estimate of drug-likeness (QED) is 0.492. The number of hydrogen-bond acceptors (Lipinski definition) is 6. The molecule has 8 nitrogen and oxygen atoms in total. The van der Waals surface area contributed by atoms with Crippen LogP contribution >= 0.6 is 11.6 Å². The Bertz CT molecular complexity index is 1290. The molecule has 0 aliphatic heterocycles. The average molecular weight is 490 g/mol. The lowest BCUT2D eigenvalue weighted by Gasteiger charge is -2.21. The third-order valence-electron chi connectivity index (χ3n) is 4.87. The van der Waals surface area contributed by atoms with Crippen molar-refractivity contribution >= 4 is 44.1 Å². The lowest BCUT2D eigenvalue weighted by atomic mass is 10.3. The van der Waals surface area contributed by atoms with Gasteiger partial charge in [-0.3, -0.25) is 4.79 Å². The first-order valence-electron chi connectivity index (χ1n) is 9.43. The minimum atomic E-state index is -4.65. The number of anilines is 1. The van der Waals surface area contributed by atoms with Crippen LogP contribution in [0, 0.1) is 0 Å². The van der Waals surface area contributed by atoms with E-state index in [1.807, 2.05) is 0 Å². The molecule has 0 aromatic carbocycles. The summed E-state index contributed by atoms with van der Waals surface area (Å²) in [7, 11) is -2.32. The Morgan fingerprint density at radius 3 is 2.44 bits per heavy atom. The molecule has 0 aliphatic rings. The zero-order valence-corrected chi connectivity index (χ0v) is 18.9. The smallest absolute Gasteiger partial charge is 0.324 e. The average Bonchev–Trinajstić information content (AvgIpc) is 3.09. The summed E-state index contributed by atoms with van der Waals surface area (Å²) in [4.78, 5) is 25.1. The van der Waals surface area contributed by atoms with Crippen molar-refractivity contribution in [1.82, 2.24) is 19.5 Å². The van der Waals surface area contributed by atoms with Gasteiger partial charge in [-0.25, -0.2) is 23.4 Å². The van der Waals surface area contributed by atoms with Gasteiger partial charge in [0.15, 0.2) is 15.7 Å². The predicted octanol–water partition coefficient (Wildman–Crippen LogP) is 3.43. The molecule has 3 aromatic heterocycles. The first kappa shape index (κ1) is 23.9. The van der Waals surface area contributed by atoms with Crippen molar-refractivity contribution in [3.63, 3.8) is 0 Å². The summed E-state index contributed by atoms with van der Waals surface area (Å²) in [6.07, 6.45) is -2.33. The maximum absolute atomic E-state index is 13.0. The van der Waals surface area contributed by atoms with Gasteiger partial charge in [-0.2, -0.15) is 13.2 Å². The SMILES string of the molecule is CCN(C(=O)CCl)c1cnc(-c2nc3cc(C(F)(F)F)ncc3n2C)c(S(=O)(=O)CC)c1. The Labute approximate surface area is 187 Å².